The average Bonchev–Trinajstić information content (AvgIpc) is 3.27. The largest absolute Gasteiger partial charge is 0.466 e. The maximum Gasteiger partial charge on any atom is 0.312 e. The van der Waals surface area contributed by atoms with Gasteiger partial charge in [-0.1, -0.05) is 6.08 Å². The van der Waals surface area contributed by atoms with Gasteiger partial charge in [0.05, 0.1) is 31.2 Å². The van der Waals surface area contributed by atoms with Gasteiger partial charge in [0.1, 0.15) is 11.6 Å². The molecule has 3 aliphatic rings. The molecular weight excluding hydrogens is 364 g/mol. The molecule has 0 aliphatic carbocycles. The molecule has 3 aliphatic heterocycles. The van der Waals surface area contributed by atoms with Crippen LogP contribution in [-0.4, -0.2) is 82.8 Å². The number of aliphatic hydroxyl groups excluding tert-OH is 1. The van der Waals surface area contributed by atoms with E-state index in [0.29, 0.717) is 19.4 Å². The van der Waals surface area contributed by atoms with Gasteiger partial charge in [0.15, 0.2) is 0 Å². The predicted molar refractivity (Wildman–Crippen MR) is 100 cm³/mol. The zero-order valence-corrected chi connectivity index (χ0v) is 16.8. The van der Waals surface area contributed by atoms with Crippen LogP contribution in [0.3, 0.4) is 0 Å². The summed E-state index contributed by atoms with van der Waals surface area (Å²) in [5.74, 6) is -2.44. The normalized spacial score (nSPS) is 33.3. The molecule has 0 aromatic heterocycles. The van der Waals surface area contributed by atoms with Gasteiger partial charge in [0, 0.05) is 19.1 Å². The lowest BCUT2D eigenvalue weighted by atomic mass is 9.70. The fourth-order valence-corrected chi connectivity index (χ4v) is 5.14. The third-order valence-corrected chi connectivity index (χ3v) is 6.17. The van der Waals surface area contributed by atoms with Crippen LogP contribution in [0.25, 0.3) is 0 Å². The van der Waals surface area contributed by atoms with Crippen LogP contribution in [0.15, 0.2) is 12.7 Å². The van der Waals surface area contributed by atoms with E-state index >= 15 is 0 Å². The number of nitrogens with zero attached hydrogens (tertiary/aromatic N) is 2. The summed E-state index contributed by atoms with van der Waals surface area (Å²) >= 11 is 0. The van der Waals surface area contributed by atoms with E-state index in [9.17, 15) is 19.5 Å². The number of amides is 2. The Labute approximate surface area is 165 Å². The average molecular weight is 394 g/mol. The highest BCUT2D eigenvalue weighted by atomic mass is 16.6. The summed E-state index contributed by atoms with van der Waals surface area (Å²) in [6, 6.07) is -0.949. The first-order valence-corrected chi connectivity index (χ1v) is 10.0. The second-order valence-corrected chi connectivity index (χ2v) is 7.94. The van der Waals surface area contributed by atoms with Gasteiger partial charge in [0.25, 0.3) is 0 Å². The first-order chi connectivity index (χ1) is 13.3. The summed E-state index contributed by atoms with van der Waals surface area (Å²) in [7, 11) is 0. The van der Waals surface area contributed by atoms with Gasteiger partial charge in [-0.15, -0.1) is 6.58 Å². The molecule has 2 amide bonds. The number of aliphatic hydroxyl groups is 1. The molecule has 3 fully saturated rings. The predicted octanol–water partition coefficient (Wildman–Crippen LogP) is 0.339. The number of fused-ring (bicyclic) bond motifs is 1. The van der Waals surface area contributed by atoms with Crippen molar-refractivity contribution in [1.82, 2.24) is 9.80 Å². The smallest absolute Gasteiger partial charge is 0.312 e. The Kier molecular flexibility index (Phi) is 5.82. The first kappa shape index (κ1) is 20.8. The number of carbonyl (C=O) groups excluding carboxylic acids is 3. The molecule has 3 rings (SSSR count). The lowest BCUT2D eigenvalue weighted by Gasteiger charge is -2.38. The van der Waals surface area contributed by atoms with E-state index in [4.69, 9.17) is 9.47 Å². The second-order valence-electron chi connectivity index (χ2n) is 7.94. The second kappa shape index (κ2) is 7.83. The molecule has 156 valence electrons. The molecule has 1 spiro atoms. The van der Waals surface area contributed by atoms with Crippen molar-refractivity contribution >= 4 is 17.8 Å². The summed E-state index contributed by atoms with van der Waals surface area (Å²) in [5.41, 5.74) is -1.04. The van der Waals surface area contributed by atoms with E-state index in [1.165, 1.54) is 4.90 Å². The highest BCUT2D eigenvalue weighted by Crippen LogP contribution is 2.58. The molecule has 0 aromatic rings. The highest BCUT2D eigenvalue weighted by molar-refractivity contribution is 5.98. The van der Waals surface area contributed by atoms with Gasteiger partial charge >= 0.3 is 5.97 Å². The van der Waals surface area contributed by atoms with Gasteiger partial charge in [-0.25, -0.2) is 0 Å². The molecule has 0 radical (unpaired) electrons. The minimum atomic E-state index is -1.04. The number of ether oxygens (including phenoxy) is 2. The molecule has 0 unspecified atom stereocenters. The quantitative estimate of drug-likeness (QED) is 0.471. The number of likely N-dealkylation sites (tertiary alicyclic amines) is 1. The molecule has 28 heavy (non-hydrogen) atoms. The van der Waals surface area contributed by atoms with Crippen LogP contribution < -0.4 is 0 Å². The summed E-state index contributed by atoms with van der Waals surface area (Å²) < 4.78 is 11.4. The lowest BCUT2D eigenvalue weighted by molar-refractivity contribution is -0.155. The summed E-state index contributed by atoms with van der Waals surface area (Å²) in [6.07, 6.45) is 2.37. The topological polar surface area (TPSA) is 96.4 Å². The van der Waals surface area contributed by atoms with Crippen LogP contribution in [0, 0.1) is 11.8 Å². The molecule has 8 heteroatoms. The third kappa shape index (κ3) is 2.93. The monoisotopic (exact) mass is 394 g/mol. The number of rotatable bonds is 8. The highest BCUT2D eigenvalue weighted by Gasteiger charge is 2.75. The number of carbonyl (C=O) groups is 3. The molecule has 0 saturated carbocycles. The van der Waals surface area contributed by atoms with Crippen molar-refractivity contribution in [3.05, 3.63) is 12.7 Å². The first-order valence-electron chi connectivity index (χ1n) is 10.0. The zero-order valence-electron chi connectivity index (χ0n) is 16.8. The van der Waals surface area contributed by atoms with Crippen LogP contribution >= 0.6 is 0 Å². The SMILES string of the molecule is C=CCN(C(=O)[C@@H]1N(CCO)C(=O)[C@H]2[C@H](C(=O)OCC)[C@@H]3CC[C@]12O3)C(C)C. The molecule has 5 atom stereocenters. The van der Waals surface area contributed by atoms with Crippen LogP contribution in [0.4, 0.5) is 0 Å². The van der Waals surface area contributed by atoms with Crippen molar-refractivity contribution < 1.29 is 29.0 Å². The molecule has 8 nitrogen and oxygen atoms in total. The van der Waals surface area contributed by atoms with E-state index in [1.54, 1.807) is 17.9 Å². The maximum atomic E-state index is 13.5. The Balaban J connectivity index is 2.02. The Bertz CT molecular complexity index is 665. The van der Waals surface area contributed by atoms with Crippen LogP contribution in [-0.2, 0) is 23.9 Å². The molecule has 1 N–H and O–H groups in total. The molecular formula is C20H30N2O6. The molecule has 3 saturated heterocycles. The van der Waals surface area contributed by atoms with E-state index in [0.717, 1.165) is 0 Å². The number of hydrogen-bond acceptors (Lipinski definition) is 6. The standard InChI is InChI=1S/C20H30N2O6/c1-5-9-21(12(3)4)18(25)16-20-8-7-13(28-20)14(19(26)27-6-2)15(20)17(24)22(16)10-11-23/h5,12-16,23H,1,6-11H2,2-4H3/t13-,14+,15+,16-,20+/m0/s1. The number of β-amino-alcohol motifs (C(OH)–C–C–N with tert-alkyl or cyclic N) is 1. The molecule has 3 heterocycles. The van der Waals surface area contributed by atoms with Crippen molar-refractivity contribution in [2.45, 2.75) is 57.4 Å². The summed E-state index contributed by atoms with van der Waals surface area (Å²) in [6.45, 7) is 9.57. The van der Waals surface area contributed by atoms with Crippen molar-refractivity contribution in [2.24, 2.45) is 11.8 Å². The Morgan fingerprint density at radius 1 is 1.50 bits per heavy atom. The van der Waals surface area contributed by atoms with Gasteiger partial charge in [-0.05, 0) is 33.6 Å². The minimum absolute atomic E-state index is 0.0249. The zero-order chi connectivity index (χ0) is 20.6. The Morgan fingerprint density at radius 2 is 2.21 bits per heavy atom. The van der Waals surface area contributed by atoms with Crippen molar-refractivity contribution in [2.75, 3.05) is 26.3 Å². The number of esters is 1. The Hall–Kier alpha value is -1.93. The third-order valence-electron chi connectivity index (χ3n) is 6.17. The van der Waals surface area contributed by atoms with Crippen LogP contribution in [0.2, 0.25) is 0 Å². The molecule has 2 bridgehead atoms. The lowest BCUT2D eigenvalue weighted by Crippen LogP contribution is -2.57. The van der Waals surface area contributed by atoms with Gasteiger partial charge < -0.3 is 24.4 Å². The van der Waals surface area contributed by atoms with E-state index in [-0.39, 0.29) is 37.6 Å². The fraction of sp³-hybridized carbons (Fsp3) is 0.750. The van der Waals surface area contributed by atoms with Gasteiger partial charge in [-0.3, -0.25) is 14.4 Å². The van der Waals surface area contributed by atoms with Gasteiger partial charge in [0.2, 0.25) is 11.8 Å². The van der Waals surface area contributed by atoms with E-state index < -0.39 is 35.6 Å². The van der Waals surface area contributed by atoms with E-state index in [1.807, 2.05) is 13.8 Å². The maximum absolute atomic E-state index is 13.5. The van der Waals surface area contributed by atoms with E-state index in [2.05, 4.69) is 6.58 Å². The minimum Gasteiger partial charge on any atom is -0.466 e. The van der Waals surface area contributed by atoms with Crippen molar-refractivity contribution in [3.8, 4) is 0 Å². The molecule has 0 aromatic carbocycles. The van der Waals surface area contributed by atoms with Crippen molar-refractivity contribution in [1.29, 1.82) is 0 Å². The number of hydrogen-bond donors (Lipinski definition) is 1. The Morgan fingerprint density at radius 3 is 2.79 bits per heavy atom. The summed E-state index contributed by atoms with van der Waals surface area (Å²) in [5, 5.41) is 9.52. The van der Waals surface area contributed by atoms with Crippen LogP contribution in [0.5, 0.6) is 0 Å². The van der Waals surface area contributed by atoms with Crippen LogP contribution in [0.1, 0.15) is 33.6 Å². The van der Waals surface area contributed by atoms with Gasteiger partial charge in [-0.2, -0.15) is 0 Å². The fourth-order valence-electron chi connectivity index (χ4n) is 5.14. The van der Waals surface area contributed by atoms with Crippen molar-refractivity contribution in [3.63, 3.8) is 0 Å². The summed E-state index contributed by atoms with van der Waals surface area (Å²) in [4.78, 5) is 42.5.